The Bertz CT molecular complexity index is 1160. The molecule has 2 aliphatic rings. The maximum Gasteiger partial charge on any atom is 0.313 e. The van der Waals surface area contributed by atoms with Crippen molar-refractivity contribution >= 4 is 16.9 Å². The molecule has 0 aliphatic carbocycles. The Labute approximate surface area is 155 Å². The van der Waals surface area contributed by atoms with Crippen LogP contribution >= 0.6 is 0 Å². The molecule has 0 radical (unpaired) electrons. The number of para-hydroxylation sites is 1. The number of rotatable bonds is 4. The number of esters is 1. The average molecular weight is 362 g/mol. The zero-order valence-corrected chi connectivity index (χ0v) is 15.1. The van der Waals surface area contributed by atoms with Gasteiger partial charge in [0.15, 0.2) is 0 Å². The van der Waals surface area contributed by atoms with Gasteiger partial charge in [-0.3, -0.25) is 9.59 Å². The normalized spacial score (nSPS) is 11.2. The number of carbonyl (C=O) groups is 1. The first-order valence-electron chi connectivity index (χ1n) is 8.74. The van der Waals surface area contributed by atoms with Crippen molar-refractivity contribution in [1.29, 1.82) is 0 Å². The van der Waals surface area contributed by atoms with Crippen LogP contribution in [0.1, 0.15) is 18.2 Å². The Morgan fingerprint density at radius 1 is 1.15 bits per heavy atom. The minimum atomic E-state index is -0.444. The van der Waals surface area contributed by atoms with Gasteiger partial charge in [0.2, 0.25) is 0 Å². The smallest absolute Gasteiger partial charge is 0.313 e. The third kappa shape index (κ3) is 2.99. The van der Waals surface area contributed by atoms with Gasteiger partial charge in [0.1, 0.15) is 29.0 Å². The van der Waals surface area contributed by atoms with Crippen molar-refractivity contribution in [2.75, 3.05) is 6.61 Å². The van der Waals surface area contributed by atoms with E-state index in [1.54, 1.807) is 13.0 Å². The minimum Gasteiger partial charge on any atom is -0.466 e. The van der Waals surface area contributed by atoms with Gasteiger partial charge in [0.05, 0.1) is 12.3 Å². The van der Waals surface area contributed by atoms with Crippen molar-refractivity contribution in [3.8, 4) is 16.9 Å². The Morgan fingerprint density at radius 3 is 2.63 bits per heavy atom. The summed E-state index contributed by atoms with van der Waals surface area (Å²) in [5.74, 6) is -0.175. The Kier molecular flexibility index (Phi) is 4.24. The van der Waals surface area contributed by atoms with Gasteiger partial charge < -0.3 is 9.15 Å². The number of aryl methyl sites for hydroxylation is 1. The van der Waals surface area contributed by atoms with E-state index in [1.807, 2.05) is 49.4 Å². The SMILES string of the molecule is CCOC(=O)Cc1oc2ccccc2c2nn(-c3ccc(C)cc3)c(=O)c1-2. The molecule has 2 aliphatic heterocycles. The molecule has 0 fully saturated rings. The molecule has 0 bridgehead atoms. The lowest BCUT2D eigenvalue weighted by Gasteiger charge is -2.08. The summed E-state index contributed by atoms with van der Waals surface area (Å²) in [6.45, 7) is 3.98. The number of ether oxygens (including phenoxy) is 1. The van der Waals surface area contributed by atoms with Gasteiger partial charge in [-0.05, 0) is 38.1 Å². The molecule has 0 saturated carbocycles. The number of nitrogens with zero attached hydrogens (tertiary/aromatic N) is 2. The van der Waals surface area contributed by atoms with Crippen molar-refractivity contribution in [2.24, 2.45) is 0 Å². The maximum atomic E-state index is 13.1. The van der Waals surface area contributed by atoms with E-state index < -0.39 is 5.97 Å². The molecule has 0 amide bonds. The van der Waals surface area contributed by atoms with E-state index in [0.29, 0.717) is 22.5 Å². The van der Waals surface area contributed by atoms with E-state index in [4.69, 9.17) is 9.15 Å². The second kappa shape index (κ2) is 6.72. The number of hydrogen-bond donors (Lipinski definition) is 0. The number of carbonyl (C=O) groups excluding carboxylic acids is 1. The van der Waals surface area contributed by atoms with Crippen LogP contribution in [0.25, 0.3) is 27.9 Å². The highest BCUT2D eigenvalue weighted by Gasteiger charge is 2.26. The molecule has 27 heavy (non-hydrogen) atoms. The first-order valence-corrected chi connectivity index (χ1v) is 8.74. The second-order valence-corrected chi connectivity index (χ2v) is 6.28. The van der Waals surface area contributed by atoms with Gasteiger partial charge in [0.25, 0.3) is 5.56 Å². The molecule has 0 unspecified atom stereocenters. The molecular weight excluding hydrogens is 344 g/mol. The van der Waals surface area contributed by atoms with Crippen molar-refractivity contribution in [1.82, 2.24) is 9.78 Å². The zero-order chi connectivity index (χ0) is 19.0. The highest BCUT2D eigenvalue weighted by Crippen LogP contribution is 2.31. The van der Waals surface area contributed by atoms with Crippen LogP contribution in [0.2, 0.25) is 0 Å². The van der Waals surface area contributed by atoms with E-state index in [2.05, 4.69) is 5.10 Å². The van der Waals surface area contributed by atoms with Crippen LogP contribution in [0.3, 0.4) is 0 Å². The van der Waals surface area contributed by atoms with Gasteiger partial charge in [-0.15, -0.1) is 0 Å². The highest BCUT2D eigenvalue weighted by atomic mass is 16.5. The van der Waals surface area contributed by atoms with Gasteiger partial charge in [-0.2, -0.15) is 9.78 Å². The summed E-state index contributed by atoms with van der Waals surface area (Å²) in [5.41, 5.74) is 2.82. The summed E-state index contributed by atoms with van der Waals surface area (Å²) in [6, 6.07) is 14.9. The quantitative estimate of drug-likeness (QED) is 0.520. The van der Waals surface area contributed by atoms with E-state index in [0.717, 1.165) is 10.9 Å². The van der Waals surface area contributed by atoms with E-state index in [9.17, 15) is 9.59 Å². The fraction of sp³-hybridized carbons (Fsp3) is 0.190. The lowest BCUT2D eigenvalue weighted by molar-refractivity contribution is -0.142. The van der Waals surface area contributed by atoms with Crippen LogP contribution < -0.4 is 5.56 Å². The summed E-state index contributed by atoms with van der Waals surface area (Å²) in [4.78, 5) is 25.1. The summed E-state index contributed by atoms with van der Waals surface area (Å²) in [7, 11) is 0. The fourth-order valence-electron chi connectivity index (χ4n) is 3.11. The van der Waals surface area contributed by atoms with E-state index >= 15 is 0 Å². The summed E-state index contributed by atoms with van der Waals surface area (Å²) in [6.07, 6.45) is -0.121. The predicted octanol–water partition coefficient (Wildman–Crippen LogP) is 3.50. The van der Waals surface area contributed by atoms with E-state index in [1.165, 1.54) is 4.68 Å². The Hall–Kier alpha value is -3.41. The van der Waals surface area contributed by atoms with Gasteiger partial charge in [0, 0.05) is 5.39 Å². The molecule has 2 heterocycles. The monoisotopic (exact) mass is 362 g/mol. The van der Waals surface area contributed by atoms with Crippen LogP contribution in [-0.4, -0.2) is 22.4 Å². The lowest BCUT2D eigenvalue weighted by Crippen LogP contribution is -2.17. The highest BCUT2D eigenvalue weighted by molar-refractivity contribution is 5.93. The van der Waals surface area contributed by atoms with Crippen molar-refractivity contribution in [2.45, 2.75) is 20.3 Å². The van der Waals surface area contributed by atoms with Crippen LogP contribution in [0.4, 0.5) is 0 Å². The maximum absolute atomic E-state index is 13.1. The van der Waals surface area contributed by atoms with E-state index in [-0.39, 0.29) is 24.3 Å². The Balaban J connectivity index is 1.98. The molecule has 4 rings (SSSR count). The predicted molar refractivity (Wildman–Crippen MR) is 101 cm³/mol. The lowest BCUT2D eigenvalue weighted by atomic mass is 10.1. The molecule has 6 nitrogen and oxygen atoms in total. The molecule has 0 N–H and O–H groups in total. The number of benzene rings is 2. The molecule has 2 aromatic carbocycles. The Morgan fingerprint density at radius 2 is 1.89 bits per heavy atom. The molecule has 0 aromatic heterocycles. The van der Waals surface area contributed by atoms with Crippen molar-refractivity contribution < 1.29 is 13.9 Å². The molecule has 0 saturated heterocycles. The van der Waals surface area contributed by atoms with Crippen molar-refractivity contribution in [3.05, 3.63) is 70.2 Å². The summed E-state index contributed by atoms with van der Waals surface area (Å²) in [5, 5.41) is 5.27. The van der Waals surface area contributed by atoms with Crippen LogP contribution in [0.5, 0.6) is 0 Å². The fourth-order valence-corrected chi connectivity index (χ4v) is 3.11. The second-order valence-electron chi connectivity index (χ2n) is 6.28. The number of hydrogen-bond acceptors (Lipinski definition) is 5. The molecule has 2 aromatic rings. The van der Waals surface area contributed by atoms with Crippen molar-refractivity contribution in [3.63, 3.8) is 0 Å². The minimum absolute atomic E-state index is 0.121. The van der Waals surface area contributed by atoms with Crippen LogP contribution in [-0.2, 0) is 16.0 Å². The van der Waals surface area contributed by atoms with Gasteiger partial charge in [-0.25, -0.2) is 0 Å². The summed E-state index contributed by atoms with van der Waals surface area (Å²) >= 11 is 0. The standard InChI is InChI=1S/C21H18N2O4/c1-3-26-18(24)12-17-19-20(15-6-4-5-7-16(15)27-17)22-23(21(19)25)14-10-8-13(2)9-11-14/h4-11H,3,12H2,1-2H3. The molecule has 6 heteroatoms. The topological polar surface area (TPSA) is 74.3 Å². The molecule has 0 spiro atoms. The molecule has 0 atom stereocenters. The third-order valence-corrected chi connectivity index (χ3v) is 4.39. The van der Waals surface area contributed by atoms with Gasteiger partial charge >= 0.3 is 5.97 Å². The average Bonchev–Trinajstić information content (AvgIpc) is 3.01. The number of fused-ring (bicyclic) bond motifs is 3. The van der Waals surface area contributed by atoms with Gasteiger partial charge in [-0.1, -0.05) is 29.8 Å². The zero-order valence-electron chi connectivity index (χ0n) is 15.1. The first kappa shape index (κ1) is 17.0. The third-order valence-electron chi connectivity index (χ3n) is 4.39. The first-order chi connectivity index (χ1) is 13.1. The summed E-state index contributed by atoms with van der Waals surface area (Å²) < 4.78 is 12.3. The largest absolute Gasteiger partial charge is 0.466 e. The van der Waals surface area contributed by atoms with Crippen LogP contribution in [0, 0.1) is 6.92 Å². The molecular formula is C21H18N2O4. The number of aromatic nitrogens is 2. The molecule has 136 valence electrons. The van der Waals surface area contributed by atoms with Crippen LogP contribution in [0.15, 0.2) is 57.7 Å².